The van der Waals surface area contributed by atoms with Crippen LogP contribution in [-0.2, 0) is 6.54 Å². The van der Waals surface area contributed by atoms with Gasteiger partial charge in [-0.15, -0.1) is 0 Å². The first-order valence-electron chi connectivity index (χ1n) is 5.81. The summed E-state index contributed by atoms with van der Waals surface area (Å²) in [6.45, 7) is -0.279. The van der Waals surface area contributed by atoms with Crippen molar-refractivity contribution in [3.63, 3.8) is 0 Å². The second-order valence-electron chi connectivity index (χ2n) is 3.90. The van der Waals surface area contributed by atoms with Gasteiger partial charge in [-0.2, -0.15) is 5.10 Å². The van der Waals surface area contributed by atoms with Crippen LogP contribution in [-0.4, -0.2) is 32.4 Å². The Morgan fingerprint density at radius 1 is 1.40 bits per heavy atom. The lowest BCUT2D eigenvalue weighted by molar-refractivity contribution is 0.0950. The van der Waals surface area contributed by atoms with Gasteiger partial charge in [0.15, 0.2) is 0 Å². The number of hydrogen-bond acceptors (Lipinski definition) is 6. The minimum atomic E-state index is -0.709. The van der Waals surface area contributed by atoms with Gasteiger partial charge in [0, 0.05) is 18.0 Å². The summed E-state index contributed by atoms with van der Waals surface area (Å²) in [5.74, 6) is 4.35. The van der Waals surface area contributed by atoms with Gasteiger partial charge in [0.25, 0.3) is 11.5 Å². The average Bonchev–Trinajstić information content (AvgIpc) is 2.49. The van der Waals surface area contributed by atoms with Crippen LogP contribution in [0.4, 0.5) is 0 Å². The number of nitrogens with zero attached hydrogens (tertiary/aromatic N) is 3. The molecule has 0 saturated carbocycles. The predicted molar refractivity (Wildman–Crippen MR) is 70.5 cm³/mol. The molecule has 0 aliphatic rings. The van der Waals surface area contributed by atoms with Crippen LogP contribution < -0.4 is 16.8 Å². The molecular weight excluding hydrogens is 262 g/mol. The molecule has 0 aliphatic carbocycles. The summed E-state index contributed by atoms with van der Waals surface area (Å²) < 4.78 is 1.03. The quantitative estimate of drug-likeness (QED) is 0.370. The summed E-state index contributed by atoms with van der Waals surface area (Å²) in [4.78, 5) is 27.5. The van der Waals surface area contributed by atoms with Crippen LogP contribution in [0.5, 0.6) is 0 Å². The van der Waals surface area contributed by atoms with E-state index in [1.807, 2.05) is 5.43 Å². The lowest BCUT2D eigenvalue weighted by Gasteiger charge is -2.09. The van der Waals surface area contributed by atoms with Crippen molar-refractivity contribution in [3.8, 4) is 11.3 Å². The molecule has 0 unspecified atom stereocenters. The van der Waals surface area contributed by atoms with Gasteiger partial charge in [-0.25, -0.2) is 10.5 Å². The summed E-state index contributed by atoms with van der Waals surface area (Å²) >= 11 is 0. The van der Waals surface area contributed by atoms with E-state index in [2.05, 4.69) is 10.1 Å². The molecule has 0 bridgehead atoms. The number of amides is 1. The molecular formula is C12H13N5O3. The number of carbonyl (C=O) groups is 1. The third-order valence-electron chi connectivity index (χ3n) is 2.64. The van der Waals surface area contributed by atoms with Gasteiger partial charge in [0.1, 0.15) is 5.56 Å². The van der Waals surface area contributed by atoms with Gasteiger partial charge in [0.2, 0.25) is 0 Å². The van der Waals surface area contributed by atoms with Crippen molar-refractivity contribution < 1.29 is 9.90 Å². The van der Waals surface area contributed by atoms with Crippen LogP contribution in [0.1, 0.15) is 10.4 Å². The Morgan fingerprint density at radius 2 is 2.10 bits per heavy atom. The van der Waals surface area contributed by atoms with Crippen molar-refractivity contribution in [3.05, 3.63) is 46.5 Å². The van der Waals surface area contributed by atoms with Gasteiger partial charge in [-0.05, 0) is 18.2 Å². The topological polar surface area (TPSA) is 123 Å². The highest BCUT2D eigenvalue weighted by molar-refractivity contribution is 5.94. The molecule has 4 N–H and O–H groups in total. The van der Waals surface area contributed by atoms with Crippen LogP contribution in [0.25, 0.3) is 11.3 Å². The number of aromatic nitrogens is 3. The summed E-state index contributed by atoms with van der Waals surface area (Å²) in [6, 6.07) is 4.74. The first-order chi connectivity index (χ1) is 9.67. The Kier molecular flexibility index (Phi) is 4.18. The van der Waals surface area contributed by atoms with E-state index in [9.17, 15) is 9.59 Å². The molecule has 2 aromatic heterocycles. The molecule has 1 amide bonds. The van der Waals surface area contributed by atoms with Gasteiger partial charge in [0.05, 0.1) is 18.8 Å². The molecule has 8 nitrogen and oxygen atoms in total. The van der Waals surface area contributed by atoms with E-state index in [0.717, 1.165) is 4.68 Å². The molecule has 20 heavy (non-hydrogen) atoms. The number of nitrogen functional groups attached to an aromatic ring is 1. The number of hydrazine groups is 1. The summed E-state index contributed by atoms with van der Waals surface area (Å²) in [5, 5.41) is 13.1. The Labute approximate surface area is 113 Å². The molecule has 8 heteroatoms. The number of pyridine rings is 1. The average molecular weight is 275 g/mol. The van der Waals surface area contributed by atoms with Crippen molar-refractivity contribution in [1.82, 2.24) is 20.2 Å². The number of rotatable bonds is 4. The van der Waals surface area contributed by atoms with Crippen molar-refractivity contribution in [1.29, 1.82) is 0 Å². The Morgan fingerprint density at radius 3 is 2.70 bits per heavy atom. The third-order valence-corrected chi connectivity index (χ3v) is 2.64. The fraction of sp³-hybridized carbons (Fsp3) is 0.167. The molecule has 0 aromatic carbocycles. The van der Waals surface area contributed by atoms with E-state index in [1.165, 1.54) is 6.07 Å². The van der Waals surface area contributed by atoms with E-state index in [4.69, 9.17) is 10.9 Å². The molecule has 0 saturated heterocycles. The first kappa shape index (κ1) is 13.8. The van der Waals surface area contributed by atoms with Crippen LogP contribution in [0.3, 0.4) is 0 Å². The van der Waals surface area contributed by atoms with Crippen molar-refractivity contribution in [2.24, 2.45) is 5.84 Å². The zero-order valence-corrected chi connectivity index (χ0v) is 10.5. The SMILES string of the molecule is NNC(=O)c1cc(-c2ccncc2)nn(CCO)c1=O. The zero-order chi connectivity index (χ0) is 14.5. The normalized spacial score (nSPS) is 10.3. The lowest BCUT2D eigenvalue weighted by atomic mass is 10.1. The molecule has 104 valence electrons. The maximum Gasteiger partial charge on any atom is 0.279 e. The number of hydrogen-bond donors (Lipinski definition) is 3. The van der Waals surface area contributed by atoms with E-state index in [-0.39, 0.29) is 18.7 Å². The highest BCUT2D eigenvalue weighted by atomic mass is 16.3. The minimum absolute atomic E-state index is 0.0113. The van der Waals surface area contributed by atoms with Gasteiger partial charge in [-0.3, -0.25) is 20.0 Å². The highest BCUT2D eigenvalue weighted by Gasteiger charge is 2.15. The number of carbonyl (C=O) groups excluding carboxylic acids is 1. The standard InChI is InChI=1S/C12H13N5O3/c13-15-11(19)9-7-10(8-1-3-14-4-2-8)16-17(5-6-18)12(9)20/h1-4,7,18H,5-6,13H2,(H,15,19). The van der Waals surface area contributed by atoms with E-state index in [1.54, 1.807) is 24.5 Å². The van der Waals surface area contributed by atoms with Crippen molar-refractivity contribution in [2.45, 2.75) is 6.54 Å². The smallest absolute Gasteiger partial charge is 0.279 e. The molecule has 0 fully saturated rings. The van der Waals surface area contributed by atoms with Crippen molar-refractivity contribution in [2.75, 3.05) is 6.61 Å². The van der Waals surface area contributed by atoms with E-state index < -0.39 is 11.5 Å². The highest BCUT2D eigenvalue weighted by Crippen LogP contribution is 2.14. The molecule has 2 rings (SSSR count). The molecule has 0 atom stereocenters. The van der Waals surface area contributed by atoms with Crippen LogP contribution >= 0.6 is 0 Å². The largest absolute Gasteiger partial charge is 0.394 e. The predicted octanol–water partition coefficient (Wildman–Crippen LogP) is -1.10. The zero-order valence-electron chi connectivity index (χ0n) is 10.5. The van der Waals surface area contributed by atoms with Gasteiger partial charge >= 0.3 is 0 Å². The Hall–Kier alpha value is -2.58. The number of nitrogens with two attached hydrogens (primary N) is 1. The Bertz CT molecular complexity index is 669. The van der Waals surface area contributed by atoms with E-state index >= 15 is 0 Å². The van der Waals surface area contributed by atoms with Crippen LogP contribution in [0.2, 0.25) is 0 Å². The third kappa shape index (κ3) is 2.71. The fourth-order valence-corrected chi connectivity index (χ4v) is 1.69. The lowest BCUT2D eigenvalue weighted by Crippen LogP contribution is -2.38. The second-order valence-corrected chi connectivity index (χ2v) is 3.90. The number of aliphatic hydroxyl groups excluding tert-OH is 1. The summed E-state index contributed by atoms with van der Waals surface area (Å²) in [6.07, 6.45) is 3.14. The molecule has 0 spiro atoms. The van der Waals surface area contributed by atoms with Gasteiger partial charge < -0.3 is 5.11 Å². The molecule has 2 heterocycles. The van der Waals surface area contributed by atoms with Crippen LogP contribution in [0, 0.1) is 0 Å². The maximum absolute atomic E-state index is 12.0. The minimum Gasteiger partial charge on any atom is -0.394 e. The summed E-state index contributed by atoms with van der Waals surface area (Å²) in [5.41, 5.74) is 2.28. The molecule has 0 radical (unpaired) electrons. The first-order valence-corrected chi connectivity index (χ1v) is 5.81. The fourth-order valence-electron chi connectivity index (χ4n) is 1.69. The monoisotopic (exact) mass is 275 g/mol. The number of nitrogens with one attached hydrogen (secondary N) is 1. The van der Waals surface area contributed by atoms with Gasteiger partial charge in [-0.1, -0.05) is 0 Å². The Balaban J connectivity index is 2.62. The van der Waals surface area contributed by atoms with E-state index in [0.29, 0.717) is 11.3 Å². The summed E-state index contributed by atoms with van der Waals surface area (Å²) in [7, 11) is 0. The number of aliphatic hydroxyl groups is 1. The molecule has 2 aromatic rings. The van der Waals surface area contributed by atoms with Crippen LogP contribution in [0.15, 0.2) is 35.4 Å². The van der Waals surface area contributed by atoms with Crippen molar-refractivity contribution >= 4 is 5.91 Å². The molecule has 0 aliphatic heterocycles. The maximum atomic E-state index is 12.0. The second kappa shape index (κ2) is 6.04.